The minimum Gasteiger partial charge on any atom is -0.468 e. The lowest BCUT2D eigenvalue weighted by atomic mass is 10.1. The van der Waals surface area contributed by atoms with E-state index < -0.39 is 38.6 Å². The summed E-state index contributed by atoms with van der Waals surface area (Å²) in [6.07, 6.45) is 7.45. The van der Waals surface area contributed by atoms with Crippen LogP contribution < -0.4 is 0 Å². The normalized spacial score (nSPS) is 12.8. The molecule has 0 aliphatic rings. The van der Waals surface area contributed by atoms with Gasteiger partial charge in [0.1, 0.15) is 12.4 Å². The van der Waals surface area contributed by atoms with Crippen LogP contribution in [0.15, 0.2) is 83.0 Å². The molecule has 1 aromatic heterocycles. The molecule has 1 heterocycles. The van der Waals surface area contributed by atoms with Gasteiger partial charge in [-0.15, -0.1) is 6.42 Å². The predicted octanol–water partition coefficient (Wildman–Crippen LogP) is 1.53. The lowest BCUT2D eigenvalue weighted by molar-refractivity contribution is -0.145. The number of methoxy groups -OCH3 is 1. The van der Waals surface area contributed by atoms with Gasteiger partial charge in [-0.25, -0.2) is 25.8 Å². The Hall–Kier alpha value is -3.46. The molecule has 9 nitrogen and oxygen atoms in total. The van der Waals surface area contributed by atoms with Crippen molar-refractivity contribution in [2.75, 3.05) is 13.7 Å². The zero-order valence-corrected chi connectivity index (χ0v) is 19.2. The number of terminal acetylenes is 1. The van der Waals surface area contributed by atoms with Crippen molar-refractivity contribution in [3.05, 3.63) is 78.9 Å². The first-order valence-corrected chi connectivity index (χ1v) is 12.5. The molecule has 0 saturated carbocycles. The zero-order valence-electron chi connectivity index (χ0n) is 17.6. The third-order valence-corrected chi connectivity index (χ3v) is 8.24. The van der Waals surface area contributed by atoms with Crippen molar-refractivity contribution in [2.24, 2.45) is 0 Å². The SMILES string of the molecule is C#CCN([C@@H](Cc1cn(S(=O)(=O)c2ccccc2)cn1)C(=O)OC)S(=O)(=O)c1ccccc1. The van der Waals surface area contributed by atoms with Crippen molar-refractivity contribution in [3.63, 3.8) is 0 Å². The van der Waals surface area contributed by atoms with Gasteiger partial charge < -0.3 is 4.74 Å². The number of ether oxygens (including phenoxy) is 1. The van der Waals surface area contributed by atoms with Crippen molar-refractivity contribution >= 4 is 26.0 Å². The first kappa shape index (κ1) is 24.2. The van der Waals surface area contributed by atoms with Crippen LogP contribution >= 0.6 is 0 Å². The lowest BCUT2D eigenvalue weighted by Gasteiger charge is -2.27. The van der Waals surface area contributed by atoms with E-state index in [1.807, 2.05) is 0 Å². The maximum atomic E-state index is 13.2. The lowest BCUT2D eigenvalue weighted by Crippen LogP contribution is -2.47. The maximum Gasteiger partial charge on any atom is 0.324 e. The number of carbonyl (C=O) groups is 1. The number of carbonyl (C=O) groups excluding carboxylic acids is 1. The van der Waals surface area contributed by atoms with Crippen LogP contribution in [0.4, 0.5) is 0 Å². The first-order valence-electron chi connectivity index (χ1n) is 9.63. The van der Waals surface area contributed by atoms with Crippen LogP contribution in [0.25, 0.3) is 0 Å². The predicted molar refractivity (Wildman–Crippen MR) is 120 cm³/mol. The molecule has 0 amide bonds. The maximum absolute atomic E-state index is 13.2. The molecule has 1 atom stereocenters. The molecular formula is C22H21N3O6S2. The molecule has 0 spiro atoms. The van der Waals surface area contributed by atoms with E-state index in [0.717, 1.165) is 21.7 Å². The summed E-state index contributed by atoms with van der Waals surface area (Å²) < 4.78 is 58.6. The summed E-state index contributed by atoms with van der Waals surface area (Å²) >= 11 is 0. The monoisotopic (exact) mass is 487 g/mol. The van der Waals surface area contributed by atoms with Gasteiger partial charge in [0.05, 0.1) is 29.1 Å². The van der Waals surface area contributed by atoms with E-state index in [1.165, 1.54) is 30.5 Å². The topological polar surface area (TPSA) is 116 Å². The van der Waals surface area contributed by atoms with Gasteiger partial charge in [-0.3, -0.25) is 4.79 Å². The van der Waals surface area contributed by atoms with E-state index in [0.29, 0.717) is 0 Å². The van der Waals surface area contributed by atoms with Gasteiger partial charge in [0.25, 0.3) is 10.0 Å². The molecule has 172 valence electrons. The molecular weight excluding hydrogens is 466 g/mol. The highest BCUT2D eigenvalue weighted by atomic mass is 32.2. The van der Waals surface area contributed by atoms with Crippen molar-refractivity contribution < 1.29 is 26.4 Å². The highest BCUT2D eigenvalue weighted by Crippen LogP contribution is 2.21. The Morgan fingerprint density at radius 1 is 1.06 bits per heavy atom. The Labute approximate surface area is 192 Å². The number of esters is 1. The Morgan fingerprint density at radius 3 is 2.18 bits per heavy atom. The van der Waals surface area contributed by atoms with Gasteiger partial charge in [-0.05, 0) is 24.3 Å². The second-order valence-corrected chi connectivity index (χ2v) is 10.6. The fourth-order valence-electron chi connectivity index (χ4n) is 3.11. The second-order valence-electron chi connectivity index (χ2n) is 6.82. The number of hydrogen-bond acceptors (Lipinski definition) is 7. The van der Waals surface area contributed by atoms with E-state index in [1.54, 1.807) is 36.4 Å². The number of benzene rings is 2. The molecule has 3 aromatic rings. The Kier molecular flexibility index (Phi) is 7.33. The highest BCUT2D eigenvalue weighted by Gasteiger charge is 2.37. The minimum absolute atomic E-state index is 0.0497. The average molecular weight is 488 g/mol. The summed E-state index contributed by atoms with van der Waals surface area (Å²) in [5, 5.41) is 0. The van der Waals surface area contributed by atoms with Crippen LogP contribution in [-0.2, 0) is 36.0 Å². The van der Waals surface area contributed by atoms with Crippen molar-refractivity contribution in [1.82, 2.24) is 13.3 Å². The number of nitrogens with zero attached hydrogens (tertiary/aromatic N) is 3. The Bertz CT molecular complexity index is 1360. The Morgan fingerprint density at radius 2 is 1.64 bits per heavy atom. The molecule has 0 N–H and O–H groups in total. The molecule has 0 bridgehead atoms. The highest BCUT2D eigenvalue weighted by molar-refractivity contribution is 7.90. The molecule has 0 aliphatic heterocycles. The third-order valence-electron chi connectivity index (χ3n) is 4.75. The van der Waals surface area contributed by atoms with E-state index >= 15 is 0 Å². The van der Waals surface area contributed by atoms with Crippen molar-refractivity contribution in [2.45, 2.75) is 22.3 Å². The summed E-state index contributed by atoms with van der Waals surface area (Å²) in [5.41, 5.74) is 0.162. The van der Waals surface area contributed by atoms with Gasteiger partial charge in [-0.2, -0.15) is 4.31 Å². The minimum atomic E-state index is -4.17. The number of sulfonamides is 1. The summed E-state index contributed by atoms with van der Waals surface area (Å²) in [4.78, 5) is 16.7. The quantitative estimate of drug-likeness (QED) is 0.332. The molecule has 0 saturated heterocycles. The Balaban J connectivity index is 1.98. The third kappa shape index (κ3) is 5.14. The molecule has 2 aromatic carbocycles. The summed E-state index contributed by atoms with van der Waals surface area (Å²) in [5.74, 6) is 1.40. The zero-order chi connectivity index (χ0) is 24.1. The van der Waals surface area contributed by atoms with E-state index in [-0.39, 0.29) is 21.9 Å². The molecule has 0 radical (unpaired) electrons. The van der Waals surface area contributed by atoms with Crippen LogP contribution in [0.5, 0.6) is 0 Å². The summed E-state index contributed by atoms with van der Waals surface area (Å²) in [6.45, 7) is -0.403. The van der Waals surface area contributed by atoms with Crippen LogP contribution in [-0.4, -0.2) is 55.8 Å². The molecule has 3 rings (SSSR count). The van der Waals surface area contributed by atoms with Gasteiger partial charge in [-0.1, -0.05) is 42.3 Å². The molecule has 0 aliphatic carbocycles. The number of hydrogen-bond donors (Lipinski definition) is 0. The molecule has 0 unspecified atom stereocenters. The fraction of sp³-hybridized carbons (Fsp3) is 0.182. The van der Waals surface area contributed by atoms with E-state index in [4.69, 9.17) is 11.2 Å². The summed E-state index contributed by atoms with van der Waals surface area (Å²) in [6, 6.07) is 13.9. The summed E-state index contributed by atoms with van der Waals surface area (Å²) in [7, 11) is -6.95. The van der Waals surface area contributed by atoms with Crippen molar-refractivity contribution in [1.29, 1.82) is 0 Å². The molecule has 33 heavy (non-hydrogen) atoms. The largest absolute Gasteiger partial charge is 0.468 e. The van der Waals surface area contributed by atoms with Gasteiger partial charge >= 0.3 is 5.97 Å². The van der Waals surface area contributed by atoms with Crippen LogP contribution in [0.2, 0.25) is 0 Å². The second kappa shape index (κ2) is 9.99. The van der Waals surface area contributed by atoms with Gasteiger partial charge in [0.15, 0.2) is 0 Å². The molecule has 11 heteroatoms. The van der Waals surface area contributed by atoms with Crippen LogP contribution in [0.3, 0.4) is 0 Å². The number of aromatic nitrogens is 2. The fourth-order valence-corrected chi connectivity index (χ4v) is 5.80. The standard InChI is InChI=1S/C22H21N3O6S2/c1-3-14-25(33(29,30)20-12-8-5-9-13-20)21(22(26)31-2)15-18-16-24(17-23-18)32(27,28)19-10-6-4-7-11-19/h1,4-13,16-17,21H,14-15H2,2H3/t21-/m0/s1. The van der Waals surface area contributed by atoms with Gasteiger partial charge in [0, 0.05) is 12.6 Å². The number of imidazole rings is 1. The molecule has 0 fully saturated rings. The number of rotatable bonds is 9. The van der Waals surface area contributed by atoms with Crippen LogP contribution in [0, 0.1) is 12.3 Å². The first-order chi connectivity index (χ1) is 15.7. The van der Waals surface area contributed by atoms with Crippen LogP contribution in [0.1, 0.15) is 5.69 Å². The van der Waals surface area contributed by atoms with Gasteiger partial charge in [0.2, 0.25) is 10.0 Å². The smallest absolute Gasteiger partial charge is 0.324 e. The van der Waals surface area contributed by atoms with E-state index in [9.17, 15) is 21.6 Å². The van der Waals surface area contributed by atoms with Crippen molar-refractivity contribution in [3.8, 4) is 12.3 Å². The van der Waals surface area contributed by atoms with E-state index in [2.05, 4.69) is 10.9 Å². The average Bonchev–Trinajstić information content (AvgIpc) is 3.31.